The van der Waals surface area contributed by atoms with Crippen molar-refractivity contribution in [1.82, 2.24) is 10.3 Å². The van der Waals surface area contributed by atoms with Gasteiger partial charge in [0.05, 0.1) is 5.56 Å². The molecule has 1 N–H and O–H groups in total. The summed E-state index contributed by atoms with van der Waals surface area (Å²) >= 11 is 0. The van der Waals surface area contributed by atoms with E-state index < -0.39 is 0 Å². The van der Waals surface area contributed by atoms with E-state index in [1.54, 1.807) is 12.3 Å². The Bertz CT molecular complexity index is 455. The average molecular weight is 259 g/mol. The first-order valence-corrected chi connectivity index (χ1v) is 6.75. The lowest BCUT2D eigenvalue weighted by molar-refractivity contribution is 0.0957. The number of amides is 1. The van der Waals surface area contributed by atoms with Gasteiger partial charge in [0.25, 0.3) is 5.91 Å². The summed E-state index contributed by atoms with van der Waals surface area (Å²) in [6.45, 7) is 9.58. The van der Waals surface area contributed by atoms with Gasteiger partial charge in [0.1, 0.15) is 5.82 Å². The largest absolute Gasteiger partial charge is 0.354 e. The molecule has 2 atom stereocenters. The topological polar surface area (TPSA) is 45.2 Å². The van der Waals surface area contributed by atoms with Crippen LogP contribution in [-0.2, 0) is 0 Å². The second-order valence-corrected chi connectivity index (χ2v) is 5.10. The first-order valence-electron chi connectivity index (χ1n) is 6.75. The maximum absolute atomic E-state index is 11.7. The molecule has 1 saturated heterocycles. The van der Waals surface area contributed by atoms with Crippen molar-refractivity contribution in [2.24, 2.45) is 5.92 Å². The molecule has 4 nitrogen and oxygen atoms in total. The van der Waals surface area contributed by atoms with Gasteiger partial charge in [-0.25, -0.2) is 4.98 Å². The molecule has 0 spiro atoms. The minimum absolute atomic E-state index is 0.109. The summed E-state index contributed by atoms with van der Waals surface area (Å²) in [5.41, 5.74) is 0.588. The molecular formula is C15H21N3O. The Morgan fingerprint density at radius 3 is 2.89 bits per heavy atom. The van der Waals surface area contributed by atoms with Gasteiger partial charge in [-0.1, -0.05) is 13.0 Å². The Morgan fingerprint density at radius 1 is 1.58 bits per heavy atom. The number of carbonyl (C=O) groups is 1. The Morgan fingerprint density at radius 2 is 2.37 bits per heavy atom. The second-order valence-electron chi connectivity index (χ2n) is 5.10. The fourth-order valence-electron chi connectivity index (χ4n) is 2.38. The lowest BCUT2D eigenvalue weighted by atomic mass is 10.1. The van der Waals surface area contributed by atoms with Crippen LogP contribution in [0.15, 0.2) is 31.0 Å². The van der Waals surface area contributed by atoms with Gasteiger partial charge in [-0.2, -0.15) is 0 Å². The van der Waals surface area contributed by atoms with Crippen molar-refractivity contribution in [2.45, 2.75) is 26.3 Å². The smallest absolute Gasteiger partial charge is 0.253 e. The third-order valence-electron chi connectivity index (χ3n) is 3.85. The quantitative estimate of drug-likeness (QED) is 0.843. The van der Waals surface area contributed by atoms with Gasteiger partial charge in [0.15, 0.2) is 0 Å². The fourth-order valence-corrected chi connectivity index (χ4v) is 2.38. The van der Waals surface area contributed by atoms with Gasteiger partial charge >= 0.3 is 0 Å². The molecule has 102 valence electrons. The van der Waals surface area contributed by atoms with Gasteiger partial charge in [-0.15, -0.1) is 6.58 Å². The molecule has 1 aliphatic rings. The molecule has 2 unspecified atom stereocenters. The SMILES string of the molecule is C=CCNC(=O)c1ccc(N2CCC(C)C2C)nc1. The van der Waals surface area contributed by atoms with E-state index >= 15 is 0 Å². The van der Waals surface area contributed by atoms with Crippen LogP contribution < -0.4 is 10.2 Å². The summed E-state index contributed by atoms with van der Waals surface area (Å²) in [7, 11) is 0. The highest BCUT2D eigenvalue weighted by Gasteiger charge is 2.28. The maximum atomic E-state index is 11.7. The Kier molecular flexibility index (Phi) is 4.20. The van der Waals surface area contributed by atoms with Gasteiger partial charge in [0, 0.05) is 25.3 Å². The molecule has 0 saturated carbocycles. The van der Waals surface area contributed by atoms with Crippen LogP contribution in [0.3, 0.4) is 0 Å². The number of hydrogen-bond donors (Lipinski definition) is 1. The van der Waals surface area contributed by atoms with Gasteiger partial charge in [-0.05, 0) is 31.4 Å². The first kappa shape index (κ1) is 13.6. The third-order valence-corrected chi connectivity index (χ3v) is 3.85. The Hall–Kier alpha value is -1.84. The number of carbonyl (C=O) groups excluding carboxylic acids is 1. The standard InChI is InChI=1S/C15H21N3O/c1-4-8-16-15(19)13-5-6-14(17-10-13)18-9-7-11(2)12(18)3/h4-6,10-12H,1,7-9H2,2-3H3,(H,16,19). The zero-order valence-corrected chi connectivity index (χ0v) is 11.6. The van der Waals surface area contributed by atoms with Crippen LogP contribution in [0.4, 0.5) is 5.82 Å². The van der Waals surface area contributed by atoms with Crippen molar-refractivity contribution in [3.05, 3.63) is 36.5 Å². The molecule has 1 aliphatic heterocycles. The summed E-state index contributed by atoms with van der Waals surface area (Å²) in [6.07, 6.45) is 4.50. The summed E-state index contributed by atoms with van der Waals surface area (Å²) in [6, 6.07) is 4.27. The minimum atomic E-state index is -0.109. The summed E-state index contributed by atoms with van der Waals surface area (Å²) in [5, 5.41) is 2.74. The molecule has 1 aromatic rings. The van der Waals surface area contributed by atoms with Crippen molar-refractivity contribution in [2.75, 3.05) is 18.0 Å². The minimum Gasteiger partial charge on any atom is -0.354 e. The molecule has 4 heteroatoms. The van der Waals surface area contributed by atoms with E-state index in [0.29, 0.717) is 24.1 Å². The van der Waals surface area contributed by atoms with E-state index in [1.807, 2.05) is 12.1 Å². The van der Waals surface area contributed by atoms with E-state index in [0.717, 1.165) is 12.4 Å². The highest BCUT2D eigenvalue weighted by Crippen LogP contribution is 2.27. The predicted molar refractivity (Wildman–Crippen MR) is 77.4 cm³/mol. The van der Waals surface area contributed by atoms with Crippen molar-refractivity contribution < 1.29 is 4.79 Å². The number of rotatable bonds is 4. The van der Waals surface area contributed by atoms with Crippen LogP contribution in [0.2, 0.25) is 0 Å². The number of nitrogens with one attached hydrogen (secondary N) is 1. The normalized spacial score (nSPS) is 22.3. The van der Waals surface area contributed by atoms with Crippen molar-refractivity contribution >= 4 is 11.7 Å². The lowest BCUT2D eigenvalue weighted by Gasteiger charge is -2.24. The first-order chi connectivity index (χ1) is 9.13. The van der Waals surface area contributed by atoms with Gasteiger partial charge in [0.2, 0.25) is 0 Å². The Labute approximate surface area is 114 Å². The Balaban J connectivity index is 2.06. The van der Waals surface area contributed by atoms with E-state index in [2.05, 4.69) is 35.6 Å². The number of nitrogens with zero attached hydrogens (tertiary/aromatic N) is 2. The summed E-state index contributed by atoms with van der Waals surface area (Å²) < 4.78 is 0. The van der Waals surface area contributed by atoms with Crippen LogP contribution in [0.25, 0.3) is 0 Å². The van der Waals surface area contributed by atoms with Crippen molar-refractivity contribution in [1.29, 1.82) is 0 Å². The lowest BCUT2D eigenvalue weighted by Crippen LogP contribution is -2.30. The number of anilines is 1. The summed E-state index contributed by atoms with van der Waals surface area (Å²) in [4.78, 5) is 18.5. The fraction of sp³-hybridized carbons (Fsp3) is 0.467. The van der Waals surface area contributed by atoms with E-state index in [1.165, 1.54) is 6.42 Å². The highest BCUT2D eigenvalue weighted by molar-refractivity contribution is 5.94. The monoisotopic (exact) mass is 259 g/mol. The zero-order valence-electron chi connectivity index (χ0n) is 11.6. The molecule has 2 heterocycles. The number of hydrogen-bond acceptors (Lipinski definition) is 3. The van der Waals surface area contributed by atoms with Crippen LogP contribution >= 0.6 is 0 Å². The zero-order chi connectivity index (χ0) is 13.8. The molecule has 1 aromatic heterocycles. The highest BCUT2D eigenvalue weighted by atomic mass is 16.1. The average Bonchev–Trinajstić information content (AvgIpc) is 2.76. The number of pyridine rings is 1. The van der Waals surface area contributed by atoms with E-state index in [-0.39, 0.29) is 5.91 Å². The van der Waals surface area contributed by atoms with Gasteiger partial charge in [-0.3, -0.25) is 4.79 Å². The second kappa shape index (κ2) is 5.87. The molecule has 1 amide bonds. The van der Waals surface area contributed by atoms with Crippen LogP contribution in [0.5, 0.6) is 0 Å². The van der Waals surface area contributed by atoms with E-state index in [9.17, 15) is 4.79 Å². The van der Waals surface area contributed by atoms with E-state index in [4.69, 9.17) is 0 Å². The predicted octanol–water partition coefficient (Wildman–Crippen LogP) is 2.23. The summed E-state index contributed by atoms with van der Waals surface area (Å²) in [5.74, 6) is 1.54. The molecule has 19 heavy (non-hydrogen) atoms. The van der Waals surface area contributed by atoms with Crippen LogP contribution in [0, 0.1) is 5.92 Å². The molecule has 0 bridgehead atoms. The van der Waals surface area contributed by atoms with Crippen LogP contribution in [0.1, 0.15) is 30.6 Å². The molecule has 0 radical (unpaired) electrons. The third kappa shape index (κ3) is 2.95. The molecule has 1 fully saturated rings. The van der Waals surface area contributed by atoms with Crippen molar-refractivity contribution in [3.63, 3.8) is 0 Å². The molecule has 0 aromatic carbocycles. The van der Waals surface area contributed by atoms with Crippen LogP contribution in [-0.4, -0.2) is 30.0 Å². The van der Waals surface area contributed by atoms with Crippen molar-refractivity contribution in [3.8, 4) is 0 Å². The molecule has 2 rings (SSSR count). The molecule has 0 aliphatic carbocycles. The molecular weight excluding hydrogens is 238 g/mol. The van der Waals surface area contributed by atoms with Gasteiger partial charge < -0.3 is 10.2 Å². The number of aromatic nitrogens is 1. The maximum Gasteiger partial charge on any atom is 0.253 e.